The molecule has 0 saturated carbocycles. The highest BCUT2D eigenvalue weighted by Gasteiger charge is 2.34. The summed E-state index contributed by atoms with van der Waals surface area (Å²) in [5.74, 6) is -0.816. The molecule has 12 heteroatoms. The lowest BCUT2D eigenvalue weighted by atomic mass is 10.1. The van der Waals surface area contributed by atoms with Gasteiger partial charge in [-0.25, -0.2) is 0 Å². The van der Waals surface area contributed by atoms with Crippen LogP contribution in [-0.2, 0) is 13.1 Å². The van der Waals surface area contributed by atoms with Crippen molar-refractivity contribution >= 4 is 49.8 Å². The Bertz CT molecular complexity index is 1840. The quantitative estimate of drug-likeness (QED) is 0.191. The number of amidine groups is 1. The number of rotatable bonds is 6. The molecule has 10 nitrogen and oxygen atoms in total. The van der Waals surface area contributed by atoms with Gasteiger partial charge in [-0.15, -0.1) is 15.7 Å². The Morgan fingerprint density at radius 1 is 1.05 bits per heavy atom. The topological polar surface area (TPSA) is 149 Å². The van der Waals surface area contributed by atoms with Crippen LogP contribution in [0.15, 0.2) is 98.6 Å². The highest BCUT2D eigenvalue weighted by Crippen LogP contribution is 2.59. The molecule has 4 heterocycles. The van der Waals surface area contributed by atoms with E-state index in [2.05, 4.69) is 20.0 Å². The zero-order chi connectivity index (χ0) is 27.9. The van der Waals surface area contributed by atoms with Gasteiger partial charge in [0.15, 0.2) is 5.84 Å². The van der Waals surface area contributed by atoms with Crippen molar-refractivity contribution in [2.45, 2.75) is 18.0 Å². The van der Waals surface area contributed by atoms with E-state index in [1.54, 1.807) is 48.0 Å². The number of pyridine rings is 2. The van der Waals surface area contributed by atoms with Crippen molar-refractivity contribution < 1.29 is 19.0 Å². The lowest BCUT2D eigenvalue weighted by Crippen LogP contribution is -2.32. The van der Waals surface area contributed by atoms with E-state index in [0.29, 0.717) is 27.0 Å². The average molecular weight is 574 g/mol. The van der Waals surface area contributed by atoms with Crippen molar-refractivity contribution in [2.75, 3.05) is 5.32 Å². The summed E-state index contributed by atoms with van der Waals surface area (Å²) in [6, 6.07) is 19.7. The minimum absolute atomic E-state index is 0.0209. The number of fused-ring (bicyclic) bond motifs is 2. The van der Waals surface area contributed by atoms with E-state index >= 15 is 0 Å². The van der Waals surface area contributed by atoms with Gasteiger partial charge in [-0.05, 0) is 35.2 Å². The Hall–Kier alpha value is -4.49. The fraction of sp³-hybridized carbons (Fsp3) is 0.0714. The van der Waals surface area contributed by atoms with E-state index in [9.17, 15) is 23.8 Å². The van der Waals surface area contributed by atoms with Crippen LogP contribution < -0.4 is 16.2 Å². The van der Waals surface area contributed by atoms with Gasteiger partial charge >= 0.3 is 0 Å². The molecule has 5 N–H and O–H groups in total. The van der Waals surface area contributed by atoms with Crippen LogP contribution in [0.2, 0.25) is 0 Å². The van der Waals surface area contributed by atoms with Crippen molar-refractivity contribution in [1.82, 2.24) is 14.9 Å². The normalized spacial score (nSPS) is 14.6. The van der Waals surface area contributed by atoms with Gasteiger partial charge in [-0.1, -0.05) is 53.2 Å². The number of anilines is 1. The number of hydrogen-bond acceptors (Lipinski definition) is 9. The number of thiophene rings is 1. The van der Waals surface area contributed by atoms with E-state index in [0.717, 1.165) is 5.56 Å². The number of benzene rings is 2. The molecular formula is C28H23N5O5S2. The summed E-state index contributed by atoms with van der Waals surface area (Å²) in [5.41, 5.74) is 1.55. The van der Waals surface area contributed by atoms with Gasteiger partial charge in [-0.2, -0.15) is 0 Å². The molecule has 202 valence electrons. The van der Waals surface area contributed by atoms with Crippen LogP contribution in [0.1, 0.15) is 27.0 Å². The zero-order valence-electron chi connectivity index (χ0n) is 20.8. The number of aromatic nitrogens is 2. The van der Waals surface area contributed by atoms with E-state index in [-0.39, 0.29) is 41.0 Å². The zero-order valence-corrected chi connectivity index (χ0v) is 22.4. The first-order valence-electron chi connectivity index (χ1n) is 12.2. The van der Waals surface area contributed by atoms with Crippen molar-refractivity contribution in [1.29, 1.82) is 0 Å². The maximum atomic E-state index is 13.8. The van der Waals surface area contributed by atoms with Gasteiger partial charge in [-0.3, -0.25) is 23.7 Å². The fourth-order valence-electron chi connectivity index (χ4n) is 4.60. The molecule has 0 radical (unpaired) electrons. The smallest absolute Gasteiger partial charge is 0.266 e. The third-order valence-corrected chi connectivity index (χ3v) is 9.00. The number of carbonyl (C=O) groups is 1. The minimum atomic E-state index is -3.78. The Morgan fingerprint density at radius 2 is 1.82 bits per heavy atom. The van der Waals surface area contributed by atoms with Gasteiger partial charge in [0, 0.05) is 29.9 Å². The minimum Gasteiger partial charge on any atom is -0.506 e. The monoisotopic (exact) mass is 573 g/mol. The second-order valence-corrected chi connectivity index (χ2v) is 11.6. The van der Waals surface area contributed by atoms with Crippen LogP contribution in [0.25, 0.3) is 10.9 Å². The Balaban J connectivity index is 1.38. The number of carbonyl (C=O) groups excluding carboxylic acids is 1. The average Bonchev–Trinajstić information content (AvgIpc) is 3.39. The summed E-state index contributed by atoms with van der Waals surface area (Å²) in [6.07, 6.45) is 3.00. The van der Waals surface area contributed by atoms with Gasteiger partial charge in [0.1, 0.15) is 21.2 Å². The summed E-state index contributed by atoms with van der Waals surface area (Å²) < 4.78 is 27.9. The van der Waals surface area contributed by atoms with E-state index < -0.39 is 16.3 Å². The summed E-state index contributed by atoms with van der Waals surface area (Å²) in [6.45, 7) is 0.259. The maximum absolute atomic E-state index is 13.8. The molecule has 6 rings (SSSR count). The van der Waals surface area contributed by atoms with Gasteiger partial charge in [0.25, 0.3) is 11.5 Å². The van der Waals surface area contributed by atoms with Gasteiger partial charge in [0.2, 0.25) is 0 Å². The molecule has 0 unspecified atom stereocenters. The van der Waals surface area contributed by atoms with Crippen molar-refractivity contribution in [3.8, 4) is 5.75 Å². The standard InChI is InChI=1S/C28H23N5O5S2/c34-23-20-10-4-5-11-21(20)33(15-17-7-2-1-3-8-17)28(36)22(23)25-31-27-24(40(37,38)32-25)19(16-39-27)14-30-26(35)18-9-6-12-29-13-18/h1-13,16,34,37-38H,14-15H2,(H,30,35)(H,31,32). The van der Waals surface area contributed by atoms with Gasteiger partial charge in [0.05, 0.1) is 17.6 Å². The molecule has 40 heavy (non-hydrogen) atoms. The fourth-order valence-corrected chi connectivity index (χ4v) is 7.28. The summed E-state index contributed by atoms with van der Waals surface area (Å²) in [4.78, 5) is 30.4. The third-order valence-electron chi connectivity index (χ3n) is 6.47. The highest BCUT2D eigenvalue weighted by atomic mass is 32.3. The third kappa shape index (κ3) is 4.62. The summed E-state index contributed by atoms with van der Waals surface area (Å²) >= 11 is 1.18. The van der Waals surface area contributed by atoms with Crippen LogP contribution >= 0.6 is 22.1 Å². The second-order valence-electron chi connectivity index (χ2n) is 9.04. The summed E-state index contributed by atoms with van der Waals surface area (Å²) in [5, 5.41) is 19.4. The van der Waals surface area contributed by atoms with Gasteiger partial charge < -0.3 is 20.3 Å². The lowest BCUT2D eigenvalue weighted by molar-refractivity contribution is 0.0950. The SMILES string of the molecule is O=C(NCc1csc2c1S(O)(O)N=C(c1c(O)c3ccccc3n(Cc3ccccc3)c1=O)N2)c1cccnc1. The van der Waals surface area contributed by atoms with E-state index in [4.69, 9.17) is 0 Å². The predicted molar refractivity (Wildman–Crippen MR) is 156 cm³/mol. The van der Waals surface area contributed by atoms with E-state index in [1.807, 2.05) is 30.3 Å². The number of amides is 1. The number of hydrogen-bond donors (Lipinski definition) is 5. The Morgan fingerprint density at radius 3 is 2.60 bits per heavy atom. The largest absolute Gasteiger partial charge is 0.506 e. The number of para-hydroxylation sites is 1. The first-order valence-corrected chi connectivity index (χ1v) is 14.5. The molecule has 0 atom stereocenters. The molecule has 1 aliphatic rings. The Labute approximate surface area is 233 Å². The maximum Gasteiger partial charge on any atom is 0.266 e. The molecule has 3 aromatic heterocycles. The van der Waals surface area contributed by atoms with Crippen LogP contribution in [0, 0.1) is 0 Å². The molecule has 1 aliphatic heterocycles. The van der Waals surface area contributed by atoms with Crippen molar-refractivity contribution in [3.05, 3.63) is 117 Å². The summed E-state index contributed by atoms with van der Waals surface area (Å²) in [7, 11) is -3.78. The van der Waals surface area contributed by atoms with Crippen LogP contribution in [-0.4, -0.2) is 35.5 Å². The Kier molecular flexibility index (Phi) is 6.60. The molecule has 0 aliphatic carbocycles. The number of nitrogens with zero attached hydrogens (tertiary/aromatic N) is 3. The molecular weight excluding hydrogens is 550 g/mol. The van der Waals surface area contributed by atoms with Crippen LogP contribution in [0.5, 0.6) is 5.75 Å². The van der Waals surface area contributed by atoms with Crippen molar-refractivity contribution in [2.24, 2.45) is 4.40 Å². The molecule has 1 amide bonds. The number of nitrogens with one attached hydrogen (secondary N) is 2. The van der Waals surface area contributed by atoms with Crippen LogP contribution in [0.3, 0.4) is 0 Å². The van der Waals surface area contributed by atoms with Crippen LogP contribution in [0.4, 0.5) is 5.00 Å². The lowest BCUT2D eigenvalue weighted by Gasteiger charge is -2.33. The predicted octanol–water partition coefficient (Wildman–Crippen LogP) is 5.04. The molecule has 0 spiro atoms. The van der Waals surface area contributed by atoms with E-state index in [1.165, 1.54) is 22.1 Å². The van der Waals surface area contributed by atoms with Crippen molar-refractivity contribution in [3.63, 3.8) is 0 Å². The number of aromatic hydroxyl groups is 1. The molecule has 0 fully saturated rings. The first-order chi connectivity index (χ1) is 19.3. The molecule has 5 aromatic rings. The first kappa shape index (κ1) is 25.8. The molecule has 0 bridgehead atoms. The molecule has 2 aromatic carbocycles. The highest BCUT2D eigenvalue weighted by molar-refractivity contribution is 8.23. The second kappa shape index (κ2) is 10.2. The molecule has 0 saturated heterocycles.